The SMILES string of the molecule is COCCc1cc(F)c(CCc2ccc3c(F)c(CCc4ccc(Cl)c(F)c4)ccc3c2)c(F)c1. The van der Waals surface area contributed by atoms with E-state index in [1.807, 2.05) is 12.1 Å². The van der Waals surface area contributed by atoms with Crippen LogP contribution in [0.3, 0.4) is 0 Å². The van der Waals surface area contributed by atoms with Crippen molar-refractivity contribution >= 4 is 22.4 Å². The Morgan fingerprint density at radius 1 is 0.657 bits per heavy atom. The number of hydrogen-bond donors (Lipinski definition) is 0. The predicted molar refractivity (Wildman–Crippen MR) is 132 cm³/mol. The molecule has 0 N–H and O–H groups in total. The van der Waals surface area contributed by atoms with E-state index in [1.54, 1.807) is 31.4 Å². The highest BCUT2D eigenvalue weighted by molar-refractivity contribution is 6.30. The first-order chi connectivity index (χ1) is 16.9. The van der Waals surface area contributed by atoms with Gasteiger partial charge in [-0.1, -0.05) is 48.0 Å². The maximum Gasteiger partial charge on any atom is 0.142 e. The Bertz CT molecular complexity index is 1330. The van der Waals surface area contributed by atoms with Gasteiger partial charge in [-0.2, -0.15) is 0 Å². The van der Waals surface area contributed by atoms with Gasteiger partial charge in [-0.25, -0.2) is 17.6 Å². The van der Waals surface area contributed by atoms with Crippen molar-refractivity contribution < 1.29 is 22.3 Å². The number of fused-ring (bicyclic) bond motifs is 1. The normalized spacial score (nSPS) is 11.4. The van der Waals surface area contributed by atoms with Crippen molar-refractivity contribution in [3.8, 4) is 0 Å². The molecule has 0 aliphatic rings. The Hall–Kier alpha value is -2.89. The van der Waals surface area contributed by atoms with Crippen molar-refractivity contribution in [2.45, 2.75) is 32.1 Å². The first kappa shape index (κ1) is 25.2. The largest absolute Gasteiger partial charge is 0.384 e. The van der Waals surface area contributed by atoms with Crippen molar-refractivity contribution in [3.05, 3.63) is 117 Å². The van der Waals surface area contributed by atoms with E-state index in [-0.39, 0.29) is 22.8 Å². The van der Waals surface area contributed by atoms with Crippen LogP contribution in [-0.4, -0.2) is 13.7 Å². The topological polar surface area (TPSA) is 9.23 Å². The van der Waals surface area contributed by atoms with Gasteiger partial charge in [-0.3, -0.25) is 0 Å². The van der Waals surface area contributed by atoms with Gasteiger partial charge in [0, 0.05) is 18.1 Å². The number of aryl methyl sites for hydroxylation is 3. The maximum atomic E-state index is 15.1. The molecule has 1 nitrogen and oxygen atoms in total. The van der Waals surface area contributed by atoms with Crippen molar-refractivity contribution in [3.63, 3.8) is 0 Å². The van der Waals surface area contributed by atoms with Crippen LogP contribution in [-0.2, 0) is 36.8 Å². The Balaban J connectivity index is 1.46. The highest BCUT2D eigenvalue weighted by atomic mass is 35.5. The van der Waals surface area contributed by atoms with Crippen LogP contribution in [0, 0.1) is 23.3 Å². The van der Waals surface area contributed by atoms with Crippen molar-refractivity contribution in [1.82, 2.24) is 0 Å². The molecule has 4 aromatic carbocycles. The number of ether oxygens (including phenoxy) is 1. The molecule has 0 unspecified atom stereocenters. The second kappa shape index (κ2) is 11.2. The van der Waals surface area contributed by atoms with E-state index in [0.29, 0.717) is 48.8 Å². The van der Waals surface area contributed by atoms with Gasteiger partial charge in [0.2, 0.25) is 0 Å². The zero-order chi connectivity index (χ0) is 24.9. The first-order valence-corrected chi connectivity index (χ1v) is 11.8. The monoisotopic (exact) mass is 500 g/mol. The summed E-state index contributed by atoms with van der Waals surface area (Å²) in [4.78, 5) is 0. The van der Waals surface area contributed by atoms with Crippen LogP contribution >= 0.6 is 11.6 Å². The fraction of sp³-hybridized carbons (Fsp3) is 0.241. The molecule has 0 bridgehead atoms. The third kappa shape index (κ3) is 6.03. The fourth-order valence-electron chi connectivity index (χ4n) is 4.24. The zero-order valence-corrected chi connectivity index (χ0v) is 20.1. The number of benzene rings is 4. The van der Waals surface area contributed by atoms with Gasteiger partial charge in [0.15, 0.2) is 0 Å². The molecule has 0 aliphatic carbocycles. The molecule has 0 aliphatic heterocycles. The number of halogens is 5. The molecule has 0 saturated carbocycles. The molecule has 0 aromatic heterocycles. The zero-order valence-electron chi connectivity index (χ0n) is 19.3. The molecule has 6 heteroatoms. The molecule has 4 rings (SSSR count). The molecule has 0 amide bonds. The van der Waals surface area contributed by atoms with Crippen LogP contribution in [0.15, 0.2) is 60.7 Å². The van der Waals surface area contributed by atoms with Gasteiger partial charge in [0.25, 0.3) is 0 Å². The van der Waals surface area contributed by atoms with Crippen LogP contribution in [0.25, 0.3) is 10.8 Å². The molecule has 0 radical (unpaired) electrons. The quantitative estimate of drug-likeness (QED) is 0.213. The highest BCUT2D eigenvalue weighted by Crippen LogP contribution is 2.26. The number of methoxy groups -OCH3 is 1. The van der Waals surface area contributed by atoms with Gasteiger partial charge in [-0.05, 0) is 84.0 Å². The van der Waals surface area contributed by atoms with Crippen molar-refractivity contribution in [1.29, 1.82) is 0 Å². The van der Waals surface area contributed by atoms with E-state index in [2.05, 4.69) is 0 Å². The van der Waals surface area contributed by atoms with Gasteiger partial charge >= 0.3 is 0 Å². The summed E-state index contributed by atoms with van der Waals surface area (Å²) in [6, 6.07) is 16.2. The van der Waals surface area contributed by atoms with E-state index in [1.165, 1.54) is 24.3 Å². The van der Waals surface area contributed by atoms with Crippen molar-refractivity contribution in [2.24, 2.45) is 0 Å². The Labute approximate surface area is 207 Å². The lowest BCUT2D eigenvalue weighted by Gasteiger charge is -2.11. The average molecular weight is 501 g/mol. The van der Waals surface area contributed by atoms with Gasteiger partial charge in [-0.15, -0.1) is 0 Å². The third-order valence-electron chi connectivity index (χ3n) is 6.22. The molecular formula is C29H25ClF4O. The van der Waals surface area contributed by atoms with Gasteiger partial charge in [0.1, 0.15) is 23.3 Å². The molecule has 0 atom stereocenters. The molecule has 0 spiro atoms. The Morgan fingerprint density at radius 3 is 2.03 bits per heavy atom. The lowest BCUT2D eigenvalue weighted by atomic mass is 9.96. The summed E-state index contributed by atoms with van der Waals surface area (Å²) in [5, 5.41) is 1.26. The van der Waals surface area contributed by atoms with E-state index in [9.17, 15) is 13.2 Å². The molecule has 0 saturated heterocycles. The van der Waals surface area contributed by atoms with Crippen LogP contribution in [0.1, 0.15) is 27.8 Å². The molecule has 4 aromatic rings. The van der Waals surface area contributed by atoms with Crippen LogP contribution in [0.5, 0.6) is 0 Å². The smallest absolute Gasteiger partial charge is 0.142 e. The van der Waals surface area contributed by atoms with E-state index in [4.69, 9.17) is 16.3 Å². The van der Waals surface area contributed by atoms with E-state index in [0.717, 1.165) is 16.5 Å². The predicted octanol–water partition coefficient (Wildman–Crippen LogP) is 7.81. The number of rotatable bonds is 9. The lowest BCUT2D eigenvalue weighted by Crippen LogP contribution is -2.03. The van der Waals surface area contributed by atoms with Crippen LogP contribution < -0.4 is 0 Å². The summed E-state index contributed by atoms with van der Waals surface area (Å²) >= 11 is 5.72. The summed E-state index contributed by atoms with van der Waals surface area (Å²) in [6.07, 6.45) is 1.97. The third-order valence-corrected chi connectivity index (χ3v) is 6.53. The van der Waals surface area contributed by atoms with Crippen LogP contribution in [0.2, 0.25) is 5.02 Å². The highest BCUT2D eigenvalue weighted by Gasteiger charge is 2.13. The summed E-state index contributed by atoms with van der Waals surface area (Å²) in [5.74, 6) is -1.93. The summed E-state index contributed by atoms with van der Waals surface area (Å²) in [6.45, 7) is 0.396. The molecular weight excluding hydrogens is 476 g/mol. The Kier molecular flexibility index (Phi) is 8.09. The maximum absolute atomic E-state index is 15.1. The summed E-state index contributed by atoms with van der Waals surface area (Å²) in [7, 11) is 1.54. The molecule has 0 fully saturated rings. The second-order valence-electron chi connectivity index (χ2n) is 8.62. The van der Waals surface area contributed by atoms with Gasteiger partial charge < -0.3 is 4.74 Å². The van der Waals surface area contributed by atoms with E-state index < -0.39 is 17.5 Å². The van der Waals surface area contributed by atoms with Crippen LogP contribution in [0.4, 0.5) is 17.6 Å². The standard InChI is InChI=1S/C29H25ClF4O/c1-35-13-12-20-16-26(31)24(27(32)17-20)10-4-18-3-9-23-22(14-18)8-7-21(29(23)34)6-2-19-5-11-25(30)28(33)15-19/h3,5,7-9,11,14-17H,2,4,6,10,12-13H2,1H3. The molecule has 182 valence electrons. The lowest BCUT2D eigenvalue weighted by molar-refractivity contribution is 0.202. The summed E-state index contributed by atoms with van der Waals surface area (Å²) < 4.78 is 62.7. The van der Waals surface area contributed by atoms with Gasteiger partial charge in [0.05, 0.1) is 11.6 Å². The minimum atomic E-state index is -0.562. The fourth-order valence-corrected chi connectivity index (χ4v) is 4.35. The molecule has 35 heavy (non-hydrogen) atoms. The number of hydrogen-bond acceptors (Lipinski definition) is 1. The summed E-state index contributed by atoms with van der Waals surface area (Å²) in [5.41, 5.74) is 2.75. The average Bonchev–Trinajstić information content (AvgIpc) is 2.84. The van der Waals surface area contributed by atoms with E-state index >= 15 is 4.39 Å². The minimum Gasteiger partial charge on any atom is -0.384 e. The Morgan fingerprint density at radius 2 is 1.31 bits per heavy atom. The first-order valence-electron chi connectivity index (χ1n) is 11.5. The van der Waals surface area contributed by atoms with Crippen molar-refractivity contribution in [2.75, 3.05) is 13.7 Å². The minimum absolute atomic E-state index is 0.0476. The second-order valence-corrected chi connectivity index (χ2v) is 9.03. The molecule has 0 heterocycles.